The van der Waals surface area contributed by atoms with Crippen molar-refractivity contribution < 1.29 is 17.7 Å². The summed E-state index contributed by atoms with van der Waals surface area (Å²) in [5, 5.41) is 19.8. The first kappa shape index (κ1) is 16.4. The average Bonchev–Trinajstić information content (AvgIpc) is 3.01. The first-order valence-electron chi connectivity index (χ1n) is 6.80. The van der Waals surface area contributed by atoms with E-state index in [1.54, 1.807) is 6.07 Å². The third-order valence-corrected chi connectivity index (χ3v) is 4.89. The van der Waals surface area contributed by atoms with Crippen LogP contribution in [0.5, 0.6) is 0 Å². The van der Waals surface area contributed by atoms with E-state index >= 15 is 0 Å². The first-order chi connectivity index (χ1) is 11.8. The Morgan fingerprint density at radius 2 is 2.04 bits per heavy atom. The third kappa shape index (κ3) is 2.88. The summed E-state index contributed by atoms with van der Waals surface area (Å²) < 4.78 is 41.1. The van der Waals surface area contributed by atoms with Gasteiger partial charge in [0.2, 0.25) is 0 Å². The number of aromatic nitrogens is 1. The van der Waals surface area contributed by atoms with Crippen LogP contribution in [0.4, 0.5) is 15.8 Å². The Labute approximate surface area is 140 Å². The zero-order valence-corrected chi connectivity index (χ0v) is 13.2. The number of para-hydroxylation sites is 1. The van der Waals surface area contributed by atoms with Crippen molar-refractivity contribution in [2.75, 3.05) is 4.72 Å². The second kappa shape index (κ2) is 5.88. The van der Waals surface area contributed by atoms with Gasteiger partial charge in [0.25, 0.3) is 15.7 Å². The van der Waals surface area contributed by atoms with E-state index in [0.29, 0.717) is 0 Å². The van der Waals surface area contributed by atoms with Crippen LogP contribution < -0.4 is 4.72 Å². The van der Waals surface area contributed by atoms with Crippen LogP contribution in [-0.4, -0.2) is 18.3 Å². The minimum Gasteiger partial charge on any atom is -0.354 e. The minimum atomic E-state index is -4.21. The molecule has 2 N–H and O–H groups in total. The van der Waals surface area contributed by atoms with Crippen LogP contribution in [0, 0.1) is 27.3 Å². The maximum absolute atomic E-state index is 13.9. The van der Waals surface area contributed by atoms with Crippen LogP contribution in [0.1, 0.15) is 5.56 Å². The summed E-state index contributed by atoms with van der Waals surface area (Å²) in [5.41, 5.74) is -0.515. The highest BCUT2D eigenvalue weighted by molar-refractivity contribution is 7.93. The van der Waals surface area contributed by atoms with Crippen LogP contribution in [0.3, 0.4) is 0 Å². The summed E-state index contributed by atoms with van der Waals surface area (Å²) in [7, 11) is -4.21. The number of anilines is 1. The number of fused-ring (bicyclic) bond motifs is 1. The topological polar surface area (TPSA) is 129 Å². The first-order valence-corrected chi connectivity index (χ1v) is 8.29. The van der Waals surface area contributed by atoms with Crippen molar-refractivity contribution >= 4 is 32.3 Å². The van der Waals surface area contributed by atoms with E-state index in [0.717, 1.165) is 18.3 Å². The summed E-state index contributed by atoms with van der Waals surface area (Å²) in [5.74, 6) is -0.909. The van der Waals surface area contributed by atoms with Crippen molar-refractivity contribution in [2.45, 2.75) is 4.90 Å². The molecule has 0 bridgehead atoms. The van der Waals surface area contributed by atoms with Crippen LogP contribution in [0.2, 0.25) is 0 Å². The summed E-state index contributed by atoms with van der Waals surface area (Å²) in [6.45, 7) is 0. The number of benzene rings is 2. The normalized spacial score (nSPS) is 11.2. The molecular weight excluding hydrogens is 351 g/mol. The maximum Gasteiger partial charge on any atom is 0.293 e. The number of hydrogen-bond donors (Lipinski definition) is 2. The number of halogens is 1. The molecule has 0 unspecified atom stereocenters. The van der Waals surface area contributed by atoms with Gasteiger partial charge < -0.3 is 4.98 Å². The van der Waals surface area contributed by atoms with Gasteiger partial charge in [-0.3, -0.25) is 14.8 Å². The van der Waals surface area contributed by atoms with Gasteiger partial charge in [-0.25, -0.2) is 12.8 Å². The van der Waals surface area contributed by atoms with Crippen LogP contribution in [0.25, 0.3) is 10.9 Å². The Morgan fingerprint density at radius 1 is 1.28 bits per heavy atom. The highest BCUT2D eigenvalue weighted by atomic mass is 32.2. The second-order valence-electron chi connectivity index (χ2n) is 5.02. The predicted octanol–water partition coefficient (Wildman–Crippen LogP) is 2.89. The number of H-pyrrole nitrogens is 1. The smallest absolute Gasteiger partial charge is 0.293 e. The summed E-state index contributed by atoms with van der Waals surface area (Å²) >= 11 is 0. The van der Waals surface area contributed by atoms with E-state index < -0.39 is 20.8 Å². The molecule has 1 heterocycles. The Kier molecular flexibility index (Phi) is 3.86. The van der Waals surface area contributed by atoms with Gasteiger partial charge in [-0.2, -0.15) is 5.26 Å². The predicted molar refractivity (Wildman–Crippen MR) is 86.9 cm³/mol. The van der Waals surface area contributed by atoms with Gasteiger partial charge in [0.1, 0.15) is 16.2 Å². The van der Waals surface area contributed by atoms with Crippen molar-refractivity contribution in [3.05, 3.63) is 64.1 Å². The van der Waals surface area contributed by atoms with E-state index in [1.165, 1.54) is 24.3 Å². The van der Waals surface area contributed by atoms with Crippen molar-refractivity contribution in [1.29, 1.82) is 5.26 Å². The molecule has 8 nitrogen and oxygen atoms in total. The molecule has 0 fully saturated rings. The minimum absolute atomic E-state index is 0.0446. The molecule has 0 atom stereocenters. The summed E-state index contributed by atoms with van der Waals surface area (Å²) in [6, 6.07) is 9.03. The lowest BCUT2D eigenvalue weighted by Gasteiger charge is -2.08. The molecule has 2 aromatic carbocycles. The highest BCUT2D eigenvalue weighted by Gasteiger charge is 2.24. The zero-order chi connectivity index (χ0) is 18.2. The van der Waals surface area contributed by atoms with E-state index in [-0.39, 0.29) is 32.7 Å². The number of nitro benzene ring substituents is 1. The molecule has 25 heavy (non-hydrogen) atoms. The summed E-state index contributed by atoms with van der Waals surface area (Å²) in [6.07, 6.45) is 1.10. The largest absolute Gasteiger partial charge is 0.354 e. The molecular formula is C15H9FN4O4S. The molecule has 126 valence electrons. The number of sulfonamides is 1. The maximum atomic E-state index is 13.9. The molecule has 3 rings (SSSR count). The van der Waals surface area contributed by atoms with Gasteiger partial charge in [-0.15, -0.1) is 0 Å². The van der Waals surface area contributed by atoms with E-state index in [9.17, 15) is 22.9 Å². The number of nitro groups is 1. The number of nitrogens with one attached hydrogen (secondary N) is 2. The fourth-order valence-corrected chi connectivity index (χ4v) is 3.59. The Morgan fingerprint density at radius 3 is 2.68 bits per heavy atom. The van der Waals surface area contributed by atoms with Gasteiger partial charge in [-0.05, 0) is 18.2 Å². The summed E-state index contributed by atoms with van der Waals surface area (Å²) in [4.78, 5) is 12.7. The molecule has 0 radical (unpaired) electrons. The second-order valence-corrected chi connectivity index (χ2v) is 6.67. The standard InChI is InChI=1S/C15H9FN4O4S/c16-11-6-9(7-17)4-5-12(11)19-25(23,24)14-8-18-15-10(14)2-1-3-13(15)20(21)22/h1-6,8,18-19H. The molecule has 0 saturated heterocycles. The Hall–Kier alpha value is -3.45. The van der Waals surface area contributed by atoms with Gasteiger partial charge in [0.15, 0.2) is 0 Å². The van der Waals surface area contributed by atoms with Crippen molar-refractivity contribution in [2.24, 2.45) is 0 Å². The number of rotatable bonds is 4. The Balaban J connectivity index is 2.07. The number of nitriles is 1. The molecule has 0 aliphatic carbocycles. The number of nitrogens with zero attached hydrogens (tertiary/aromatic N) is 2. The quantitative estimate of drug-likeness (QED) is 0.546. The molecule has 1 aromatic heterocycles. The monoisotopic (exact) mass is 360 g/mol. The Bertz CT molecular complexity index is 1150. The van der Waals surface area contributed by atoms with Gasteiger partial charge in [0, 0.05) is 17.6 Å². The third-order valence-electron chi connectivity index (χ3n) is 3.48. The molecule has 0 spiro atoms. The van der Waals surface area contributed by atoms with E-state index in [1.807, 2.05) is 0 Å². The van der Waals surface area contributed by atoms with E-state index in [4.69, 9.17) is 5.26 Å². The molecule has 0 saturated carbocycles. The average molecular weight is 360 g/mol. The van der Waals surface area contributed by atoms with Gasteiger partial charge in [0.05, 0.1) is 22.2 Å². The lowest BCUT2D eigenvalue weighted by Crippen LogP contribution is -2.13. The van der Waals surface area contributed by atoms with Gasteiger partial charge in [-0.1, -0.05) is 12.1 Å². The molecule has 0 aliphatic heterocycles. The molecule has 3 aromatic rings. The lowest BCUT2D eigenvalue weighted by molar-refractivity contribution is -0.383. The van der Waals surface area contributed by atoms with Crippen LogP contribution >= 0.6 is 0 Å². The van der Waals surface area contributed by atoms with E-state index in [2.05, 4.69) is 9.71 Å². The molecule has 0 amide bonds. The number of non-ortho nitro benzene ring substituents is 1. The fraction of sp³-hybridized carbons (Fsp3) is 0. The van der Waals surface area contributed by atoms with Crippen LogP contribution in [-0.2, 0) is 10.0 Å². The molecule has 0 aliphatic rings. The van der Waals surface area contributed by atoms with Crippen LogP contribution in [0.15, 0.2) is 47.5 Å². The SMILES string of the molecule is N#Cc1ccc(NS(=O)(=O)c2c[nH]c3c([N+](=O)[O-])cccc23)c(F)c1. The number of hydrogen-bond acceptors (Lipinski definition) is 5. The fourth-order valence-electron chi connectivity index (χ4n) is 2.35. The van der Waals surface area contributed by atoms with Crippen molar-refractivity contribution in [1.82, 2.24) is 4.98 Å². The zero-order valence-electron chi connectivity index (χ0n) is 12.4. The van der Waals surface area contributed by atoms with Crippen molar-refractivity contribution in [3.8, 4) is 6.07 Å². The van der Waals surface area contributed by atoms with Crippen molar-refractivity contribution in [3.63, 3.8) is 0 Å². The molecule has 10 heteroatoms. The van der Waals surface area contributed by atoms with Gasteiger partial charge >= 0.3 is 0 Å². The lowest BCUT2D eigenvalue weighted by atomic mass is 10.2. The number of aromatic amines is 1. The highest BCUT2D eigenvalue weighted by Crippen LogP contribution is 2.30.